The number of primary sulfonamides is 1. The lowest BCUT2D eigenvalue weighted by molar-refractivity contribution is 0.205. The molecule has 0 saturated carbocycles. The fourth-order valence-electron chi connectivity index (χ4n) is 2.48. The summed E-state index contributed by atoms with van der Waals surface area (Å²) in [7, 11) is -3.42. The Morgan fingerprint density at radius 2 is 2.25 bits per heavy atom. The normalized spacial score (nSPS) is 20.2. The molecule has 1 unspecified atom stereocenters. The van der Waals surface area contributed by atoms with Crippen molar-refractivity contribution in [2.24, 2.45) is 5.14 Å². The molecule has 5 nitrogen and oxygen atoms in total. The summed E-state index contributed by atoms with van der Waals surface area (Å²) in [4.78, 5) is 2.12. The molecule has 0 aliphatic carbocycles. The van der Waals surface area contributed by atoms with Crippen LogP contribution in [0.3, 0.4) is 0 Å². The van der Waals surface area contributed by atoms with E-state index >= 15 is 0 Å². The van der Waals surface area contributed by atoms with Crippen LogP contribution in [0.25, 0.3) is 0 Å². The standard InChI is InChI=1S/C13H19ClN2O3S/c14-11-3-1-5-13(9-11)19-8-7-16-6-2-4-12(16)10-20(15,17)18/h1,3,5,9,12H,2,4,6-8,10H2,(H2,15,17,18). The molecular formula is C13H19ClN2O3S. The number of nitrogens with zero attached hydrogens (tertiary/aromatic N) is 1. The van der Waals surface area contributed by atoms with E-state index in [2.05, 4.69) is 4.90 Å². The smallest absolute Gasteiger partial charge is 0.210 e. The predicted molar refractivity (Wildman–Crippen MR) is 79.5 cm³/mol. The van der Waals surface area contributed by atoms with Crippen molar-refractivity contribution in [3.8, 4) is 5.75 Å². The Hall–Kier alpha value is -0.820. The highest BCUT2D eigenvalue weighted by Gasteiger charge is 2.27. The van der Waals surface area contributed by atoms with E-state index in [4.69, 9.17) is 21.5 Å². The van der Waals surface area contributed by atoms with Gasteiger partial charge in [0.05, 0.1) is 5.75 Å². The number of likely N-dealkylation sites (tertiary alicyclic amines) is 1. The second-order valence-corrected chi connectivity index (χ2v) is 7.06. The van der Waals surface area contributed by atoms with Crippen LogP contribution in [0, 0.1) is 0 Å². The first-order valence-corrected chi connectivity index (χ1v) is 8.66. The van der Waals surface area contributed by atoms with Crippen molar-refractivity contribution in [1.29, 1.82) is 0 Å². The number of sulfonamides is 1. The zero-order chi connectivity index (χ0) is 14.6. The molecule has 7 heteroatoms. The van der Waals surface area contributed by atoms with Gasteiger partial charge in [-0.05, 0) is 37.6 Å². The first-order valence-electron chi connectivity index (χ1n) is 6.57. The molecular weight excluding hydrogens is 300 g/mol. The molecule has 1 heterocycles. The van der Waals surface area contributed by atoms with E-state index in [1.165, 1.54) is 0 Å². The number of ether oxygens (including phenoxy) is 1. The minimum absolute atomic E-state index is 0.00737. The number of benzene rings is 1. The highest BCUT2D eigenvalue weighted by Crippen LogP contribution is 2.19. The van der Waals surface area contributed by atoms with Crippen molar-refractivity contribution in [2.45, 2.75) is 18.9 Å². The van der Waals surface area contributed by atoms with Gasteiger partial charge in [-0.25, -0.2) is 13.6 Å². The van der Waals surface area contributed by atoms with Crippen molar-refractivity contribution in [3.05, 3.63) is 29.3 Å². The second kappa shape index (κ2) is 6.76. The minimum atomic E-state index is -3.42. The molecule has 0 aromatic heterocycles. The second-order valence-electron chi connectivity index (χ2n) is 4.97. The van der Waals surface area contributed by atoms with Crippen LogP contribution in [0.2, 0.25) is 5.02 Å². The summed E-state index contributed by atoms with van der Waals surface area (Å²) in [6, 6.07) is 7.23. The molecule has 1 aliphatic heterocycles. The third-order valence-corrected chi connectivity index (χ3v) is 4.45. The van der Waals surface area contributed by atoms with E-state index in [9.17, 15) is 8.42 Å². The Morgan fingerprint density at radius 1 is 1.45 bits per heavy atom. The summed E-state index contributed by atoms with van der Waals surface area (Å²) in [6.45, 7) is 2.08. The summed E-state index contributed by atoms with van der Waals surface area (Å²) < 4.78 is 28.0. The number of rotatable bonds is 6. The van der Waals surface area contributed by atoms with Gasteiger partial charge in [0.25, 0.3) is 0 Å². The summed E-state index contributed by atoms with van der Waals surface area (Å²) in [6.07, 6.45) is 1.87. The Balaban J connectivity index is 1.81. The molecule has 112 valence electrons. The van der Waals surface area contributed by atoms with Crippen LogP contribution in [0.15, 0.2) is 24.3 Å². The topological polar surface area (TPSA) is 72.6 Å². The van der Waals surface area contributed by atoms with Crippen LogP contribution in [-0.4, -0.2) is 44.8 Å². The van der Waals surface area contributed by atoms with Gasteiger partial charge in [-0.1, -0.05) is 17.7 Å². The van der Waals surface area contributed by atoms with Gasteiger partial charge in [0.1, 0.15) is 12.4 Å². The van der Waals surface area contributed by atoms with Gasteiger partial charge in [-0.3, -0.25) is 4.90 Å². The number of nitrogens with two attached hydrogens (primary N) is 1. The van der Waals surface area contributed by atoms with Gasteiger partial charge in [0.15, 0.2) is 0 Å². The lowest BCUT2D eigenvalue weighted by atomic mass is 10.2. The van der Waals surface area contributed by atoms with Crippen molar-refractivity contribution in [2.75, 3.05) is 25.4 Å². The average molecular weight is 319 g/mol. The number of halogens is 1. The lowest BCUT2D eigenvalue weighted by Crippen LogP contribution is -2.39. The van der Waals surface area contributed by atoms with Gasteiger partial charge >= 0.3 is 0 Å². The third-order valence-electron chi connectivity index (χ3n) is 3.37. The van der Waals surface area contributed by atoms with Crippen molar-refractivity contribution < 1.29 is 13.2 Å². The fraction of sp³-hybridized carbons (Fsp3) is 0.538. The average Bonchev–Trinajstić information content (AvgIpc) is 2.74. The first kappa shape index (κ1) is 15.6. The van der Waals surface area contributed by atoms with Crippen LogP contribution in [-0.2, 0) is 10.0 Å². The molecule has 1 atom stereocenters. The van der Waals surface area contributed by atoms with E-state index in [-0.39, 0.29) is 11.8 Å². The molecule has 1 aromatic carbocycles. The SMILES string of the molecule is NS(=O)(=O)CC1CCCN1CCOc1cccc(Cl)c1. The summed E-state index contributed by atoms with van der Waals surface area (Å²) in [5.41, 5.74) is 0. The van der Waals surface area contributed by atoms with Crippen LogP contribution < -0.4 is 9.88 Å². The summed E-state index contributed by atoms with van der Waals surface area (Å²) in [5, 5.41) is 5.75. The Morgan fingerprint density at radius 3 is 2.95 bits per heavy atom. The Bertz CT molecular complexity index is 550. The van der Waals surface area contributed by atoms with Crippen LogP contribution in [0.5, 0.6) is 5.75 Å². The molecule has 0 bridgehead atoms. The summed E-state index contributed by atoms with van der Waals surface area (Å²) >= 11 is 5.88. The van der Waals surface area contributed by atoms with Gasteiger partial charge in [-0.15, -0.1) is 0 Å². The van der Waals surface area contributed by atoms with Crippen molar-refractivity contribution in [1.82, 2.24) is 4.90 Å². The zero-order valence-electron chi connectivity index (χ0n) is 11.2. The highest BCUT2D eigenvalue weighted by molar-refractivity contribution is 7.89. The molecule has 0 amide bonds. The van der Waals surface area contributed by atoms with E-state index < -0.39 is 10.0 Å². The molecule has 1 fully saturated rings. The Labute approximate surface area is 124 Å². The van der Waals surface area contributed by atoms with Crippen LogP contribution >= 0.6 is 11.6 Å². The molecule has 0 radical (unpaired) electrons. The number of hydrogen-bond donors (Lipinski definition) is 1. The zero-order valence-corrected chi connectivity index (χ0v) is 12.7. The fourth-order valence-corrected chi connectivity index (χ4v) is 3.58. The molecule has 1 saturated heterocycles. The van der Waals surface area contributed by atoms with E-state index in [0.717, 1.165) is 25.1 Å². The van der Waals surface area contributed by atoms with Gasteiger partial charge in [-0.2, -0.15) is 0 Å². The maximum absolute atomic E-state index is 11.2. The molecule has 2 rings (SSSR count). The van der Waals surface area contributed by atoms with Crippen LogP contribution in [0.1, 0.15) is 12.8 Å². The largest absolute Gasteiger partial charge is 0.492 e. The van der Waals surface area contributed by atoms with E-state index in [0.29, 0.717) is 18.2 Å². The molecule has 0 spiro atoms. The molecule has 1 aromatic rings. The van der Waals surface area contributed by atoms with Gasteiger partial charge in [0.2, 0.25) is 10.0 Å². The van der Waals surface area contributed by atoms with Crippen LogP contribution in [0.4, 0.5) is 0 Å². The van der Waals surface area contributed by atoms with Gasteiger partial charge in [0, 0.05) is 17.6 Å². The minimum Gasteiger partial charge on any atom is -0.492 e. The monoisotopic (exact) mass is 318 g/mol. The third kappa shape index (κ3) is 4.94. The van der Waals surface area contributed by atoms with Crippen molar-refractivity contribution in [3.63, 3.8) is 0 Å². The predicted octanol–water partition coefficient (Wildman–Crippen LogP) is 1.47. The Kier molecular flexibility index (Phi) is 5.26. The molecule has 2 N–H and O–H groups in total. The maximum Gasteiger partial charge on any atom is 0.210 e. The molecule has 1 aliphatic rings. The van der Waals surface area contributed by atoms with E-state index in [1.54, 1.807) is 12.1 Å². The first-order chi connectivity index (χ1) is 9.44. The molecule has 20 heavy (non-hydrogen) atoms. The maximum atomic E-state index is 11.2. The lowest BCUT2D eigenvalue weighted by Gasteiger charge is -2.23. The summed E-state index contributed by atoms with van der Waals surface area (Å²) in [5.74, 6) is 0.740. The quantitative estimate of drug-likeness (QED) is 0.862. The van der Waals surface area contributed by atoms with E-state index in [1.807, 2.05) is 12.1 Å². The number of hydrogen-bond acceptors (Lipinski definition) is 4. The highest BCUT2D eigenvalue weighted by atomic mass is 35.5. The van der Waals surface area contributed by atoms with Crippen molar-refractivity contribution >= 4 is 21.6 Å². The van der Waals surface area contributed by atoms with Gasteiger partial charge < -0.3 is 4.74 Å².